The van der Waals surface area contributed by atoms with E-state index >= 15 is 0 Å². The van der Waals surface area contributed by atoms with Gasteiger partial charge in [0.1, 0.15) is 5.54 Å². The van der Waals surface area contributed by atoms with E-state index in [1.54, 1.807) is 12.1 Å². The zero-order valence-electron chi connectivity index (χ0n) is 8.14. The smallest absolute Gasteiger partial charge is 0.328 e. The summed E-state index contributed by atoms with van der Waals surface area (Å²) in [5, 5.41) is 19.9. The normalized spacial score (nSPS) is 14.2. The number of hydrogen-bond donors (Lipinski definition) is 2. The minimum Gasteiger partial charge on any atom is -0.872 e. The average Bonchev–Trinajstić information content (AvgIpc) is 2.17. The van der Waals surface area contributed by atoms with Gasteiger partial charge in [-0.1, -0.05) is 30.3 Å². The number of nitrogens with two attached hydrogens (primary N) is 1. The van der Waals surface area contributed by atoms with Gasteiger partial charge in [0.05, 0.1) is 0 Å². The molecule has 0 saturated heterocycles. The Morgan fingerprint density at radius 3 is 2.80 bits per heavy atom. The fourth-order valence-corrected chi connectivity index (χ4v) is 1.23. The first-order valence-corrected chi connectivity index (χ1v) is 4.40. The van der Waals surface area contributed by atoms with E-state index in [0.717, 1.165) is 0 Å². The Hall–Kier alpha value is -1.81. The molecule has 0 unspecified atom stereocenters. The van der Waals surface area contributed by atoms with Gasteiger partial charge < -0.3 is 15.9 Å². The van der Waals surface area contributed by atoms with Crippen LogP contribution in [0.3, 0.4) is 0 Å². The van der Waals surface area contributed by atoms with Crippen molar-refractivity contribution < 1.29 is 15.0 Å². The third-order valence-electron chi connectivity index (χ3n) is 2.16. The standard InChI is InChI=1S/C11H13NO3/c1-2-11(12,10(14)15)7-8-4-3-5-9(13)6-8/h2-6,13H,1,7,12H2,(H,14,15)/p-1/t11-/m0/s1. The molecule has 0 aromatic heterocycles. The molecule has 4 nitrogen and oxygen atoms in total. The van der Waals surface area contributed by atoms with Crippen molar-refractivity contribution in [3.8, 4) is 5.75 Å². The highest BCUT2D eigenvalue weighted by Crippen LogP contribution is 2.15. The molecule has 0 aliphatic carbocycles. The minimum absolute atomic E-state index is 0.0575. The first-order chi connectivity index (χ1) is 6.98. The van der Waals surface area contributed by atoms with Crippen LogP contribution in [-0.2, 0) is 11.2 Å². The molecule has 1 rings (SSSR count). The quantitative estimate of drug-likeness (QED) is 0.692. The molecule has 0 radical (unpaired) electrons. The van der Waals surface area contributed by atoms with Crippen LogP contribution in [0.15, 0.2) is 36.9 Å². The van der Waals surface area contributed by atoms with Crippen LogP contribution in [-0.4, -0.2) is 16.6 Å². The van der Waals surface area contributed by atoms with Gasteiger partial charge in [0.2, 0.25) is 0 Å². The molecule has 0 saturated carbocycles. The first-order valence-electron chi connectivity index (χ1n) is 4.40. The van der Waals surface area contributed by atoms with Crippen LogP contribution in [0.2, 0.25) is 0 Å². The van der Waals surface area contributed by atoms with Gasteiger partial charge in [-0.25, -0.2) is 4.79 Å². The van der Waals surface area contributed by atoms with Crippen molar-refractivity contribution in [3.05, 3.63) is 42.5 Å². The summed E-state index contributed by atoms with van der Waals surface area (Å²) in [5.74, 6) is -1.32. The van der Waals surface area contributed by atoms with Crippen LogP contribution in [0, 0.1) is 0 Å². The molecule has 15 heavy (non-hydrogen) atoms. The molecule has 0 amide bonds. The molecule has 1 aromatic rings. The van der Waals surface area contributed by atoms with E-state index in [-0.39, 0.29) is 12.2 Å². The van der Waals surface area contributed by atoms with Crippen molar-refractivity contribution in [1.29, 1.82) is 0 Å². The van der Waals surface area contributed by atoms with Gasteiger partial charge in [-0.05, 0) is 5.56 Å². The van der Waals surface area contributed by atoms with E-state index in [2.05, 4.69) is 6.58 Å². The lowest BCUT2D eigenvalue weighted by Crippen LogP contribution is -2.47. The van der Waals surface area contributed by atoms with Crippen molar-refractivity contribution in [2.75, 3.05) is 0 Å². The largest absolute Gasteiger partial charge is 0.872 e. The number of benzene rings is 1. The molecule has 0 aliphatic heterocycles. The monoisotopic (exact) mass is 206 g/mol. The maximum atomic E-state index is 11.0. The van der Waals surface area contributed by atoms with Crippen molar-refractivity contribution >= 4 is 5.97 Å². The zero-order valence-corrected chi connectivity index (χ0v) is 8.14. The van der Waals surface area contributed by atoms with Gasteiger partial charge in [0, 0.05) is 6.42 Å². The van der Waals surface area contributed by atoms with Gasteiger partial charge in [-0.3, -0.25) is 0 Å². The topological polar surface area (TPSA) is 86.4 Å². The molecule has 0 heterocycles. The summed E-state index contributed by atoms with van der Waals surface area (Å²) < 4.78 is 0. The number of rotatable bonds is 4. The van der Waals surface area contributed by atoms with Gasteiger partial charge >= 0.3 is 5.97 Å². The Morgan fingerprint density at radius 2 is 2.33 bits per heavy atom. The van der Waals surface area contributed by atoms with Gasteiger partial charge in [0.25, 0.3) is 0 Å². The van der Waals surface area contributed by atoms with Crippen LogP contribution in [0.5, 0.6) is 5.75 Å². The molecule has 0 bridgehead atoms. The lowest BCUT2D eigenvalue weighted by Gasteiger charge is -2.21. The first kappa shape index (κ1) is 11.3. The van der Waals surface area contributed by atoms with E-state index in [4.69, 9.17) is 10.8 Å². The second-order valence-corrected chi connectivity index (χ2v) is 3.37. The Bertz CT molecular complexity index is 389. The zero-order chi connectivity index (χ0) is 11.5. The van der Waals surface area contributed by atoms with Crippen molar-refractivity contribution in [2.45, 2.75) is 12.0 Å². The van der Waals surface area contributed by atoms with Gasteiger partial charge in [-0.2, -0.15) is 0 Å². The molecule has 0 aliphatic rings. The second kappa shape index (κ2) is 4.14. The van der Waals surface area contributed by atoms with Crippen LogP contribution in [0.1, 0.15) is 5.56 Å². The van der Waals surface area contributed by atoms with Crippen molar-refractivity contribution in [2.24, 2.45) is 5.73 Å². The van der Waals surface area contributed by atoms with E-state index in [1.165, 1.54) is 18.2 Å². The van der Waals surface area contributed by atoms with E-state index in [1.807, 2.05) is 0 Å². The lowest BCUT2D eigenvalue weighted by molar-refractivity contribution is -0.268. The molecule has 0 spiro atoms. The van der Waals surface area contributed by atoms with E-state index in [0.29, 0.717) is 5.56 Å². The summed E-state index contributed by atoms with van der Waals surface area (Å²) in [5.41, 5.74) is 4.67. The molecule has 80 valence electrons. The number of carboxylic acid groups (broad SMARTS) is 1. The molecule has 3 N–H and O–H groups in total. The predicted octanol–water partition coefficient (Wildman–Crippen LogP) is 0.271. The summed E-state index contributed by atoms with van der Waals surface area (Å²) in [7, 11) is 0. The van der Waals surface area contributed by atoms with Crippen LogP contribution in [0.4, 0.5) is 0 Å². The molecular formula is C11H12NO3-. The van der Waals surface area contributed by atoms with E-state index in [9.17, 15) is 9.90 Å². The number of aliphatic carboxylic acids is 1. The summed E-state index contributed by atoms with van der Waals surface area (Å²) in [6, 6.07) is 6.00. The van der Waals surface area contributed by atoms with E-state index < -0.39 is 11.5 Å². The second-order valence-electron chi connectivity index (χ2n) is 3.37. The van der Waals surface area contributed by atoms with Gasteiger partial charge in [0.15, 0.2) is 0 Å². The highest BCUT2D eigenvalue weighted by atomic mass is 16.4. The molecule has 0 fully saturated rings. The Morgan fingerprint density at radius 1 is 1.67 bits per heavy atom. The minimum atomic E-state index is -1.52. The van der Waals surface area contributed by atoms with Crippen molar-refractivity contribution in [1.82, 2.24) is 0 Å². The highest BCUT2D eigenvalue weighted by Gasteiger charge is 2.30. The van der Waals surface area contributed by atoms with Crippen LogP contribution in [0.25, 0.3) is 0 Å². The van der Waals surface area contributed by atoms with Gasteiger partial charge in [-0.15, -0.1) is 12.3 Å². The molecule has 1 atom stereocenters. The Labute approximate surface area is 87.7 Å². The predicted molar refractivity (Wildman–Crippen MR) is 54.3 cm³/mol. The molecule has 1 aromatic carbocycles. The SMILES string of the molecule is C=C[C@](N)(Cc1cccc([O-])c1)C(=O)O. The average molecular weight is 206 g/mol. The number of carboxylic acids is 1. The fraction of sp³-hybridized carbons (Fsp3) is 0.182. The summed E-state index contributed by atoms with van der Waals surface area (Å²) in [6.45, 7) is 3.39. The molecule has 4 heteroatoms. The Kier molecular flexibility index (Phi) is 3.11. The summed E-state index contributed by atoms with van der Waals surface area (Å²) in [4.78, 5) is 10.9. The van der Waals surface area contributed by atoms with Crippen LogP contribution >= 0.6 is 0 Å². The third kappa shape index (κ3) is 2.57. The number of hydrogen-bond acceptors (Lipinski definition) is 3. The van der Waals surface area contributed by atoms with Crippen LogP contribution < -0.4 is 10.8 Å². The third-order valence-corrected chi connectivity index (χ3v) is 2.16. The molecular weight excluding hydrogens is 194 g/mol. The summed E-state index contributed by atoms with van der Waals surface area (Å²) in [6.07, 6.45) is 1.23. The highest BCUT2D eigenvalue weighted by molar-refractivity contribution is 5.81. The summed E-state index contributed by atoms with van der Waals surface area (Å²) >= 11 is 0. The lowest BCUT2D eigenvalue weighted by atomic mass is 9.92. The van der Waals surface area contributed by atoms with Crippen molar-refractivity contribution in [3.63, 3.8) is 0 Å². The maximum Gasteiger partial charge on any atom is 0.328 e. The number of carbonyl (C=O) groups is 1. The fourth-order valence-electron chi connectivity index (χ4n) is 1.23. The Balaban J connectivity index is 2.93. The maximum absolute atomic E-state index is 11.0.